The predicted octanol–water partition coefficient (Wildman–Crippen LogP) is 0.948. The van der Waals surface area contributed by atoms with Gasteiger partial charge in [-0.3, -0.25) is 4.98 Å². The van der Waals surface area contributed by atoms with Crippen LogP contribution in [0.5, 0.6) is 5.88 Å². The molecule has 0 saturated carbocycles. The van der Waals surface area contributed by atoms with Crippen molar-refractivity contribution in [3.05, 3.63) is 18.1 Å². The van der Waals surface area contributed by atoms with Crippen molar-refractivity contribution in [2.24, 2.45) is 0 Å². The van der Waals surface area contributed by atoms with Gasteiger partial charge in [0.05, 0.1) is 5.69 Å². The van der Waals surface area contributed by atoms with Crippen LogP contribution in [0.1, 0.15) is 12.1 Å². The fourth-order valence-electron chi connectivity index (χ4n) is 1.40. The summed E-state index contributed by atoms with van der Waals surface area (Å²) < 4.78 is 5.67. The maximum atomic E-state index is 5.67. The second kappa shape index (κ2) is 5.12. The van der Waals surface area contributed by atoms with Crippen molar-refractivity contribution in [3.8, 4) is 5.88 Å². The van der Waals surface area contributed by atoms with Gasteiger partial charge in [0.25, 0.3) is 0 Å². The van der Waals surface area contributed by atoms with E-state index in [-0.39, 0.29) is 18.5 Å². The third-order valence-electron chi connectivity index (χ3n) is 2.13. The fraction of sp³-hybridized carbons (Fsp3) is 0.556. The van der Waals surface area contributed by atoms with E-state index < -0.39 is 0 Å². The quantitative estimate of drug-likeness (QED) is 0.798. The lowest BCUT2D eigenvalue weighted by Gasteiger charge is -2.11. The highest BCUT2D eigenvalue weighted by Gasteiger charge is 2.17. The van der Waals surface area contributed by atoms with Crippen LogP contribution in [0.15, 0.2) is 12.4 Å². The van der Waals surface area contributed by atoms with Crippen molar-refractivity contribution in [1.29, 1.82) is 0 Å². The molecule has 1 saturated heterocycles. The van der Waals surface area contributed by atoms with Gasteiger partial charge in [0, 0.05) is 18.9 Å². The summed E-state index contributed by atoms with van der Waals surface area (Å²) in [6.45, 7) is 3.85. The molecule has 0 radical (unpaired) electrons. The monoisotopic (exact) mass is 215 g/mol. The van der Waals surface area contributed by atoms with E-state index in [1.165, 1.54) is 0 Å². The standard InChI is InChI=1S/C9H13N3O.ClH/c1-7-9(12-5-4-11-7)13-8-2-3-10-6-8;/h4-5,8,10H,2-3,6H2,1H3;1H/t8-;/m0./s1. The molecule has 1 atom stereocenters. The summed E-state index contributed by atoms with van der Waals surface area (Å²) in [5.74, 6) is 0.663. The number of hydrogen-bond donors (Lipinski definition) is 1. The first-order valence-corrected chi connectivity index (χ1v) is 4.51. The van der Waals surface area contributed by atoms with Crippen LogP contribution < -0.4 is 10.1 Å². The summed E-state index contributed by atoms with van der Waals surface area (Å²) in [7, 11) is 0. The van der Waals surface area contributed by atoms with E-state index in [0.717, 1.165) is 25.2 Å². The third kappa shape index (κ3) is 2.56. The van der Waals surface area contributed by atoms with Crippen LogP contribution >= 0.6 is 12.4 Å². The topological polar surface area (TPSA) is 47.0 Å². The zero-order valence-electron chi connectivity index (χ0n) is 8.06. The molecule has 1 N–H and O–H groups in total. The number of nitrogens with one attached hydrogen (secondary N) is 1. The summed E-state index contributed by atoms with van der Waals surface area (Å²) in [5, 5.41) is 3.24. The van der Waals surface area contributed by atoms with Gasteiger partial charge in [-0.05, 0) is 19.9 Å². The molecule has 4 nitrogen and oxygen atoms in total. The van der Waals surface area contributed by atoms with Gasteiger partial charge in [0.1, 0.15) is 6.10 Å². The van der Waals surface area contributed by atoms with E-state index in [1.54, 1.807) is 12.4 Å². The highest BCUT2D eigenvalue weighted by atomic mass is 35.5. The second-order valence-electron chi connectivity index (χ2n) is 3.18. The Hall–Kier alpha value is -0.870. The fourth-order valence-corrected chi connectivity index (χ4v) is 1.40. The van der Waals surface area contributed by atoms with Crippen LogP contribution in [0, 0.1) is 6.92 Å². The molecule has 1 aliphatic heterocycles. The molecular weight excluding hydrogens is 202 g/mol. The van der Waals surface area contributed by atoms with E-state index >= 15 is 0 Å². The van der Waals surface area contributed by atoms with Gasteiger partial charge in [-0.15, -0.1) is 12.4 Å². The Morgan fingerprint density at radius 1 is 1.43 bits per heavy atom. The first-order valence-electron chi connectivity index (χ1n) is 4.51. The molecule has 2 heterocycles. The first kappa shape index (κ1) is 11.2. The van der Waals surface area contributed by atoms with Crippen LogP contribution in [0.3, 0.4) is 0 Å². The van der Waals surface area contributed by atoms with Gasteiger partial charge < -0.3 is 10.1 Å². The zero-order chi connectivity index (χ0) is 9.10. The Morgan fingerprint density at radius 3 is 2.86 bits per heavy atom. The number of hydrogen-bond acceptors (Lipinski definition) is 4. The molecule has 0 amide bonds. The van der Waals surface area contributed by atoms with Crippen LogP contribution in [-0.4, -0.2) is 29.2 Å². The lowest BCUT2D eigenvalue weighted by Crippen LogP contribution is -2.20. The molecule has 0 unspecified atom stereocenters. The van der Waals surface area contributed by atoms with E-state index in [1.807, 2.05) is 6.92 Å². The van der Waals surface area contributed by atoms with Gasteiger partial charge in [-0.2, -0.15) is 0 Å². The Bertz CT molecular complexity index is 289. The lowest BCUT2D eigenvalue weighted by atomic mass is 10.3. The van der Waals surface area contributed by atoms with Gasteiger partial charge in [-0.25, -0.2) is 4.98 Å². The highest BCUT2D eigenvalue weighted by Crippen LogP contribution is 2.14. The molecule has 5 heteroatoms. The molecule has 78 valence electrons. The summed E-state index contributed by atoms with van der Waals surface area (Å²) in [4.78, 5) is 8.24. The van der Waals surface area contributed by atoms with Gasteiger partial charge >= 0.3 is 0 Å². The summed E-state index contributed by atoms with van der Waals surface area (Å²) >= 11 is 0. The van der Waals surface area contributed by atoms with Crippen molar-refractivity contribution in [2.75, 3.05) is 13.1 Å². The smallest absolute Gasteiger partial charge is 0.235 e. The number of halogens is 1. The second-order valence-corrected chi connectivity index (χ2v) is 3.18. The first-order chi connectivity index (χ1) is 6.36. The maximum Gasteiger partial charge on any atom is 0.235 e. The average molecular weight is 216 g/mol. The minimum absolute atomic E-state index is 0. The number of ether oxygens (including phenoxy) is 1. The highest BCUT2D eigenvalue weighted by molar-refractivity contribution is 5.85. The zero-order valence-corrected chi connectivity index (χ0v) is 8.88. The Kier molecular flexibility index (Phi) is 4.10. The van der Waals surface area contributed by atoms with Gasteiger partial charge in [0.2, 0.25) is 5.88 Å². The molecule has 2 rings (SSSR count). The minimum atomic E-state index is 0. The molecule has 0 aromatic carbocycles. The maximum absolute atomic E-state index is 5.67. The summed E-state index contributed by atoms with van der Waals surface area (Å²) in [5.41, 5.74) is 0.856. The molecule has 1 aromatic heterocycles. The van der Waals surface area contributed by atoms with Crippen molar-refractivity contribution < 1.29 is 4.74 Å². The number of nitrogens with zero attached hydrogens (tertiary/aromatic N) is 2. The van der Waals surface area contributed by atoms with Crippen molar-refractivity contribution in [1.82, 2.24) is 15.3 Å². The minimum Gasteiger partial charge on any atom is -0.472 e. The normalized spacial score (nSPS) is 20.2. The predicted molar refractivity (Wildman–Crippen MR) is 55.9 cm³/mol. The Labute approximate surface area is 89.5 Å². The van der Waals surface area contributed by atoms with E-state index in [0.29, 0.717) is 5.88 Å². The SMILES string of the molecule is Cc1nccnc1O[C@H]1CCNC1.Cl. The van der Waals surface area contributed by atoms with Crippen LogP contribution in [0.25, 0.3) is 0 Å². The molecule has 1 aromatic rings. The largest absolute Gasteiger partial charge is 0.472 e. The van der Waals surface area contributed by atoms with Crippen LogP contribution in [0.2, 0.25) is 0 Å². The van der Waals surface area contributed by atoms with Crippen molar-refractivity contribution in [3.63, 3.8) is 0 Å². The summed E-state index contributed by atoms with van der Waals surface area (Å²) in [6, 6.07) is 0. The van der Waals surface area contributed by atoms with Crippen LogP contribution in [-0.2, 0) is 0 Å². The molecule has 1 fully saturated rings. The molecule has 0 aliphatic carbocycles. The molecular formula is C9H14ClN3O. The van der Waals surface area contributed by atoms with E-state index in [4.69, 9.17) is 4.74 Å². The number of rotatable bonds is 2. The molecule has 0 spiro atoms. The number of aryl methyl sites for hydroxylation is 1. The average Bonchev–Trinajstić information content (AvgIpc) is 2.61. The Morgan fingerprint density at radius 2 is 2.21 bits per heavy atom. The summed E-state index contributed by atoms with van der Waals surface area (Å²) in [6.07, 6.45) is 4.64. The van der Waals surface area contributed by atoms with Gasteiger partial charge in [0.15, 0.2) is 0 Å². The van der Waals surface area contributed by atoms with E-state index in [2.05, 4.69) is 15.3 Å². The van der Waals surface area contributed by atoms with Crippen LogP contribution in [0.4, 0.5) is 0 Å². The lowest BCUT2D eigenvalue weighted by molar-refractivity contribution is 0.211. The number of aromatic nitrogens is 2. The third-order valence-corrected chi connectivity index (χ3v) is 2.13. The Balaban J connectivity index is 0.000000980. The van der Waals surface area contributed by atoms with E-state index in [9.17, 15) is 0 Å². The molecule has 0 bridgehead atoms. The van der Waals surface area contributed by atoms with Crippen molar-refractivity contribution >= 4 is 12.4 Å². The van der Waals surface area contributed by atoms with Gasteiger partial charge in [-0.1, -0.05) is 0 Å². The molecule has 14 heavy (non-hydrogen) atoms. The molecule has 1 aliphatic rings. The van der Waals surface area contributed by atoms with Crippen molar-refractivity contribution in [2.45, 2.75) is 19.4 Å².